The molecule has 0 unspecified atom stereocenters. The van der Waals surface area contributed by atoms with E-state index in [1.54, 1.807) is 0 Å². The molecule has 0 bridgehead atoms. The molecule has 0 atom stereocenters. The van der Waals surface area contributed by atoms with E-state index in [2.05, 4.69) is 5.11 Å². The fourth-order valence-electron chi connectivity index (χ4n) is 0.810. The molecule has 0 fully saturated rings. The van der Waals surface area contributed by atoms with Crippen LogP contribution in [0.2, 0.25) is 0 Å². The van der Waals surface area contributed by atoms with Crippen LogP contribution in [0.3, 0.4) is 0 Å². The van der Waals surface area contributed by atoms with Gasteiger partial charge in [0.25, 0.3) is 0 Å². The van der Waals surface area contributed by atoms with Crippen molar-refractivity contribution in [3.63, 3.8) is 0 Å². The molecule has 64 valence electrons. The van der Waals surface area contributed by atoms with Gasteiger partial charge in [-0.2, -0.15) is 5.11 Å². The van der Waals surface area contributed by atoms with E-state index in [4.69, 9.17) is 5.53 Å². The second-order valence-corrected chi connectivity index (χ2v) is 2.18. The minimum absolute atomic E-state index is 0.248. The molecule has 0 aliphatic carbocycles. The highest BCUT2D eigenvalue weighted by molar-refractivity contribution is 5.19. The average Bonchev–Trinajstić information content (AvgIpc) is 2.00. The maximum absolute atomic E-state index is 12.7. The normalized spacial score (nSPS) is 9.92. The molecular formula is C7H5F3N2. The molecule has 0 aliphatic heterocycles. The number of nitrogens with one attached hydrogen (secondary N) is 1. The van der Waals surface area contributed by atoms with Crippen molar-refractivity contribution in [2.75, 3.05) is 0 Å². The van der Waals surface area contributed by atoms with Gasteiger partial charge in [-0.15, -0.1) is 0 Å². The molecule has 1 N–H and O–H groups in total. The SMILES string of the molecule is N=NCc1cc(F)cc(F)c1F. The predicted octanol–water partition coefficient (Wildman–Crippen LogP) is 2.63. The molecule has 0 aliphatic rings. The van der Waals surface area contributed by atoms with E-state index < -0.39 is 17.5 Å². The van der Waals surface area contributed by atoms with Gasteiger partial charge < -0.3 is 0 Å². The molecule has 5 heteroatoms. The van der Waals surface area contributed by atoms with Crippen LogP contribution in [0.15, 0.2) is 17.2 Å². The molecule has 0 heterocycles. The summed E-state index contributed by atoms with van der Waals surface area (Å²) in [4.78, 5) is 0. The van der Waals surface area contributed by atoms with Crippen LogP contribution >= 0.6 is 0 Å². The third-order valence-corrected chi connectivity index (χ3v) is 1.32. The van der Waals surface area contributed by atoms with E-state index in [9.17, 15) is 13.2 Å². The van der Waals surface area contributed by atoms with Crippen LogP contribution in [0.5, 0.6) is 0 Å². The Morgan fingerprint density at radius 3 is 2.50 bits per heavy atom. The van der Waals surface area contributed by atoms with Crippen molar-refractivity contribution in [2.45, 2.75) is 6.54 Å². The summed E-state index contributed by atoms with van der Waals surface area (Å²) < 4.78 is 37.6. The minimum Gasteiger partial charge on any atom is -0.210 e. The number of nitrogens with zero attached hydrogens (tertiary/aromatic N) is 1. The molecule has 12 heavy (non-hydrogen) atoms. The lowest BCUT2D eigenvalue weighted by Gasteiger charge is -1.99. The maximum Gasteiger partial charge on any atom is 0.164 e. The van der Waals surface area contributed by atoms with Crippen molar-refractivity contribution < 1.29 is 13.2 Å². The van der Waals surface area contributed by atoms with E-state index in [0.29, 0.717) is 6.07 Å². The van der Waals surface area contributed by atoms with Gasteiger partial charge in [-0.3, -0.25) is 0 Å². The van der Waals surface area contributed by atoms with Crippen LogP contribution in [-0.4, -0.2) is 0 Å². The number of benzene rings is 1. The summed E-state index contributed by atoms with van der Waals surface area (Å²) in [5, 5.41) is 2.83. The molecule has 0 spiro atoms. The second kappa shape index (κ2) is 3.34. The third kappa shape index (κ3) is 1.61. The highest BCUT2D eigenvalue weighted by Crippen LogP contribution is 2.14. The van der Waals surface area contributed by atoms with Crippen molar-refractivity contribution in [1.29, 1.82) is 5.53 Å². The Morgan fingerprint density at radius 1 is 1.25 bits per heavy atom. The second-order valence-electron chi connectivity index (χ2n) is 2.18. The van der Waals surface area contributed by atoms with Crippen LogP contribution in [-0.2, 0) is 6.54 Å². The molecular weight excluding hydrogens is 169 g/mol. The van der Waals surface area contributed by atoms with E-state index in [-0.39, 0.29) is 12.1 Å². The first-order chi connectivity index (χ1) is 5.65. The predicted molar refractivity (Wildman–Crippen MR) is 35.2 cm³/mol. The van der Waals surface area contributed by atoms with Crippen molar-refractivity contribution in [3.05, 3.63) is 35.1 Å². The van der Waals surface area contributed by atoms with Crippen LogP contribution < -0.4 is 0 Å². The smallest absolute Gasteiger partial charge is 0.164 e. The molecule has 1 aromatic carbocycles. The zero-order valence-corrected chi connectivity index (χ0v) is 5.94. The lowest BCUT2D eigenvalue weighted by Crippen LogP contribution is -1.94. The Kier molecular flexibility index (Phi) is 2.42. The average molecular weight is 174 g/mol. The summed E-state index contributed by atoms with van der Waals surface area (Å²) in [5.74, 6) is -3.27. The van der Waals surface area contributed by atoms with Crippen LogP contribution in [0, 0.1) is 23.0 Å². The summed E-state index contributed by atoms with van der Waals surface area (Å²) in [7, 11) is 0. The van der Waals surface area contributed by atoms with Crippen LogP contribution in [0.4, 0.5) is 13.2 Å². The van der Waals surface area contributed by atoms with Crippen LogP contribution in [0.1, 0.15) is 5.56 Å². The summed E-state index contributed by atoms with van der Waals surface area (Å²) in [6.45, 7) is -0.347. The minimum atomic E-state index is -1.26. The van der Waals surface area contributed by atoms with Gasteiger partial charge in [0.1, 0.15) is 5.82 Å². The van der Waals surface area contributed by atoms with Gasteiger partial charge in [-0.25, -0.2) is 18.7 Å². The first-order valence-corrected chi connectivity index (χ1v) is 3.12. The fraction of sp³-hybridized carbons (Fsp3) is 0.143. The molecule has 1 aromatic rings. The van der Waals surface area contributed by atoms with Crippen molar-refractivity contribution in [1.82, 2.24) is 0 Å². The van der Waals surface area contributed by atoms with Crippen molar-refractivity contribution in [3.8, 4) is 0 Å². The van der Waals surface area contributed by atoms with Gasteiger partial charge in [0.2, 0.25) is 0 Å². The number of hydrogen-bond acceptors (Lipinski definition) is 2. The lowest BCUT2D eigenvalue weighted by atomic mass is 10.2. The summed E-state index contributed by atoms with van der Waals surface area (Å²) in [6.07, 6.45) is 0. The lowest BCUT2D eigenvalue weighted by molar-refractivity contribution is 0.484. The van der Waals surface area contributed by atoms with Crippen molar-refractivity contribution >= 4 is 0 Å². The summed E-state index contributed by atoms with van der Waals surface area (Å²) >= 11 is 0. The Balaban J connectivity index is 3.17. The zero-order chi connectivity index (χ0) is 9.14. The van der Waals surface area contributed by atoms with Gasteiger partial charge >= 0.3 is 0 Å². The van der Waals surface area contributed by atoms with E-state index in [1.807, 2.05) is 0 Å². The quantitative estimate of drug-likeness (QED) is 0.528. The molecule has 0 saturated carbocycles. The zero-order valence-electron chi connectivity index (χ0n) is 5.94. The first kappa shape index (κ1) is 8.70. The molecule has 0 saturated heterocycles. The molecule has 0 amide bonds. The Bertz CT molecular complexity index is 312. The van der Waals surface area contributed by atoms with E-state index >= 15 is 0 Å². The fourth-order valence-corrected chi connectivity index (χ4v) is 0.810. The summed E-state index contributed by atoms with van der Waals surface area (Å²) in [6, 6.07) is 1.26. The number of hydrogen-bond donors (Lipinski definition) is 1. The topological polar surface area (TPSA) is 36.2 Å². The van der Waals surface area contributed by atoms with Gasteiger partial charge in [-0.1, -0.05) is 0 Å². The van der Waals surface area contributed by atoms with E-state index in [1.165, 1.54) is 0 Å². The largest absolute Gasteiger partial charge is 0.210 e. The van der Waals surface area contributed by atoms with E-state index in [0.717, 1.165) is 6.07 Å². The van der Waals surface area contributed by atoms with Crippen LogP contribution in [0.25, 0.3) is 0 Å². The number of halogens is 3. The maximum atomic E-state index is 12.7. The molecule has 0 radical (unpaired) electrons. The Labute approximate surface area is 66.5 Å². The molecule has 2 nitrogen and oxygen atoms in total. The van der Waals surface area contributed by atoms with Gasteiger partial charge in [0.05, 0.1) is 6.54 Å². The van der Waals surface area contributed by atoms with Gasteiger partial charge in [-0.05, 0) is 6.07 Å². The molecule has 1 rings (SSSR count). The standard InChI is InChI=1S/C7H5F3N2/c8-5-1-4(3-12-11)7(10)6(9)2-5/h1-2,11H,3H2. The highest BCUT2D eigenvalue weighted by Gasteiger charge is 2.09. The highest BCUT2D eigenvalue weighted by atomic mass is 19.2. The molecule has 0 aromatic heterocycles. The van der Waals surface area contributed by atoms with Crippen molar-refractivity contribution in [2.24, 2.45) is 5.11 Å². The van der Waals surface area contributed by atoms with Gasteiger partial charge in [0.15, 0.2) is 11.6 Å². The van der Waals surface area contributed by atoms with Gasteiger partial charge in [0, 0.05) is 11.6 Å². The third-order valence-electron chi connectivity index (χ3n) is 1.32. The summed E-state index contributed by atoms with van der Waals surface area (Å²) in [5.41, 5.74) is 6.14. The first-order valence-electron chi connectivity index (χ1n) is 3.12. The Morgan fingerprint density at radius 2 is 1.92 bits per heavy atom. The monoisotopic (exact) mass is 174 g/mol. The number of rotatable bonds is 2. The Hall–Kier alpha value is -1.39.